The van der Waals surface area contributed by atoms with E-state index in [4.69, 9.17) is 23.7 Å². The Kier molecular flexibility index (Phi) is 5.77. The van der Waals surface area contributed by atoms with Gasteiger partial charge in [-0.1, -0.05) is 6.92 Å². The number of thioether (sulfide) groups is 1. The minimum Gasteiger partial charge on any atom is -0.394 e. The molecule has 130 valence electrons. The van der Waals surface area contributed by atoms with Gasteiger partial charge in [0.1, 0.15) is 29.9 Å². The molecule has 0 bridgehead atoms. The van der Waals surface area contributed by atoms with E-state index < -0.39 is 41.4 Å². The molecular weight excluding hydrogens is 312 g/mol. The van der Waals surface area contributed by atoms with Crippen molar-refractivity contribution >= 4 is 11.8 Å². The second kappa shape index (κ2) is 6.90. The number of ether oxygens (including phenoxy) is 5. The van der Waals surface area contributed by atoms with Crippen LogP contribution in [0.5, 0.6) is 0 Å². The Labute approximate surface area is 135 Å². The van der Waals surface area contributed by atoms with Crippen molar-refractivity contribution < 1.29 is 33.9 Å². The molecule has 2 saturated heterocycles. The van der Waals surface area contributed by atoms with Gasteiger partial charge in [-0.2, -0.15) is 0 Å². The van der Waals surface area contributed by atoms with E-state index in [1.165, 1.54) is 26.0 Å². The lowest BCUT2D eigenvalue weighted by molar-refractivity contribution is -0.470. The highest BCUT2D eigenvalue weighted by atomic mass is 32.2. The summed E-state index contributed by atoms with van der Waals surface area (Å²) in [4.78, 5) is 0. The van der Waals surface area contributed by atoms with Gasteiger partial charge in [-0.3, -0.25) is 0 Å². The highest BCUT2D eigenvalue weighted by Crippen LogP contribution is 2.44. The Morgan fingerprint density at radius 3 is 2.09 bits per heavy atom. The molecule has 0 aromatic rings. The molecule has 7 atom stereocenters. The predicted molar refractivity (Wildman–Crippen MR) is 80.5 cm³/mol. The van der Waals surface area contributed by atoms with Crippen LogP contribution in [0.3, 0.4) is 0 Å². The summed E-state index contributed by atoms with van der Waals surface area (Å²) in [6, 6.07) is 0. The fourth-order valence-corrected chi connectivity index (χ4v) is 3.72. The van der Waals surface area contributed by atoms with Gasteiger partial charge in [-0.25, -0.2) is 0 Å². The van der Waals surface area contributed by atoms with E-state index >= 15 is 0 Å². The quantitative estimate of drug-likeness (QED) is 0.741. The smallest absolute Gasteiger partial charge is 0.220 e. The Balaban J connectivity index is 2.30. The lowest BCUT2D eigenvalue weighted by atomic mass is 9.95. The first-order valence-electron chi connectivity index (χ1n) is 7.37. The molecule has 0 aromatic carbocycles. The van der Waals surface area contributed by atoms with Crippen LogP contribution in [0.1, 0.15) is 20.8 Å². The minimum atomic E-state index is -1.19. The highest BCUT2D eigenvalue weighted by Gasteiger charge is 2.62. The van der Waals surface area contributed by atoms with E-state index in [9.17, 15) is 10.2 Å². The Bertz CT molecular complexity index is 384. The number of rotatable bonds is 5. The first-order valence-corrected chi connectivity index (χ1v) is 8.42. The second-order valence-corrected chi connectivity index (χ2v) is 7.01. The number of aliphatic hydroxyl groups is 2. The zero-order valence-corrected chi connectivity index (χ0v) is 14.5. The van der Waals surface area contributed by atoms with Crippen LogP contribution in [-0.4, -0.2) is 78.2 Å². The number of aliphatic hydroxyl groups excluding tert-OH is 2. The van der Waals surface area contributed by atoms with Crippen LogP contribution >= 0.6 is 11.8 Å². The molecule has 0 aromatic heterocycles. The molecule has 0 spiro atoms. The average molecular weight is 338 g/mol. The maximum absolute atomic E-state index is 10.6. The van der Waals surface area contributed by atoms with E-state index in [1.807, 2.05) is 6.92 Å². The third kappa shape index (κ3) is 2.91. The van der Waals surface area contributed by atoms with Crippen molar-refractivity contribution in [1.82, 2.24) is 0 Å². The van der Waals surface area contributed by atoms with Crippen LogP contribution in [0, 0.1) is 0 Å². The fraction of sp³-hybridized carbons (Fsp3) is 1.00. The molecule has 0 unspecified atom stereocenters. The van der Waals surface area contributed by atoms with E-state index in [2.05, 4.69) is 0 Å². The summed E-state index contributed by atoms with van der Waals surface area (Å²) in [5, 5.41) is 20.2. The van der Waals surface area contributed by atoms with Gasteiger partial charge in [0.25, 0.3) is 0 Å². The second-order valence-electron chi connectivity index (χ2n) is 5.64. The molecule has 2 fully saturated rings. The highest BCUT2D eigenvalue weighted by molar-refractivity contribution is 7.99. The molecule has 2 rings (SSSR count). The zero-order valence-electron chi connectivity index (χ0n) is 13.6. The van der Waals surface area contributed by atoms with Crippen LogP contribution in [0.2, 0.25) is 0 Å². The van der Waals surface area contributed by atoms with Crippen molar-refractivity contribution in [3.05, 3.63) is 0 Å². The van der Waals surface area contributed by atoms with E-state index in [1.54, 1.807) is 13.8 Å². The minimum absolute atomic E-state index is 0.235. The van der Waals surface area contributed by atoms with Gasteiger partial charge >= 0.3 is 0 Å². The summed E-state index contributed by atoms with van der Waals surface area (Å²) in [6.45, 7) is 5.13. The maximum Gasteiger partial charge on any atom is 0.220 e. The van der Waals surface area contributed by atoms with Gasteiger partial charge in [0.2, 0.25) is 11.6 Å². The molecule has 8 heteroatoms. The van der Waals surface area contributed by atoms with E-state index in [-0.39, 0.29) is 6.61 Å². The van der Waals surface area contributed by atoms with Gasteiger partial charge in [-0.15, -0.1) is 11.8 Å². The molecule has 0 radical (unpaired) electrons. The van der Waals surface area contributed by atoms with Crippen molar-refractivity contribution in [3.63, 3.8) is 0 Å². The lowest BCUT2D eigenvalue weighted by Gasteiger charge is -2.56. The standard InChI is InChI=1S/C14H26O7S/c1-6-22-12-9(16)11-10(8(7-15)19-12)20-13(2,17-4)14(3,18-5)21-11/h8-12,15-16H,6-7H2,1-5H3/t8-,9-,10-,11-,12+,13+,14+/m1/s1. The van der Waals surface area contributed by atoms with Crippen molar-refractivity contribution in [2.45, 2.75) is 62.2 Å². The van der Waals surface area contributed by atoms with Crippen molar-refractivity contribution in [2.24, 2.45) is 0 Å². The van der Waals surface area contributed by atoms with Gasteiger partial charge in [0, 0.05) is 14.2 Å². The molecule has 7 nitrogen and oxygen atoms in total. The Morgan fingerprint density at radius 1 is 1.09 bits per heavy atom. The largest absolute Gasteiger partial charge is 0.394 e. The third-order valence-electron chi connectivity index (χ3n) is 4.45. The van der Waals surface area contributed by atoms with Crippen molar-refractivity contribution in [3.8, 4) is 0 Å². The number of methoxy groups -OCH3 is 2. The molecule has 0 aliphatic carbocycles. The van der Waals surface area contributed by atoms with Crippen LogP contribution in [0.4, 0.5) is 0 Å². The Hall–Kier alpha value is 0.0700. The van der Waals surface area contributed by atoms with Gasteiger partial charge in [0.15, 0.2) is 0 Å². The van der Waals surface area contributed by atoms with Crippen LogP contribution in [0.25, 0.3) is 0 Å². The molecule has 22 heavy (non-hydrogen) atoms. The Morgan fingerprint density at radius 2 is 1.64 bits per heavy atom. The molecule has 0 saturated carbocycles. The van der Waals surface area contributed by atoms with E-state index in [0.717, 1.165) is 5.75 Å². The summed E-state index contributed by atoms with van der Waals surface area (Å²) < 4.78 is 28.7. The summed E-state index contributed by atoms with van der Waals surface area (Å²) in [7, 11) is 2.99. The lowest BCUT2D eigenvalue weighted by Crippen LogP contribution is -2.72. The molecule has 0 amide bonds. The van der Waals surface area contributed by atoms with Crippen molar-refractivity contribution in [2.75, 3.05) is 26.6 Å². The molecule has 2 heterocycles. The summed E-state index contributed by atoms with van der Waals surface area (Å²) in [5.41, 5.74) is -0.486. The monoisotopic (exact) mass is 338 g/mol. The summed E-state index contributed by atoms with van der Waals surface area (Å²) in [5.74, 6) is -1.61. The van der Waals surface area contributed by atoms with E-state index in [0.29, 0.717) is 0 Å². The van der Waals surface area contributed by atoms with Crippen LogP contribution < -0.4 is 0 Å². The first-order chi connectivity index (χ1) is 10.4. The number of hydrogen-bond donors (Lipinski definition) is 2. The summed E-state index contributed by atoms with van der Waals surface area (Å²) >= 11 is 1.46. The zero-order chi connectivity index (χ0) is 16.5. The molecule has 2 N–H and O–H groups in total. The molecule has 2 aliphatic rings. The first kappa shape index (κ1) is 18.4. The number of fused-ring (bicyclic) bond motifs is 1. The van der Waals surface area contributed by atoms with Gasteiger partial charge < -0.3 is 33.9 Å². The predicted octanol–water partition coefficient (Wildman–Crippen LogP) is 0.327. The SMILES string of the molecule is CCS[C@@H]1O[C@H](CO)[C@H]2O[C@](C)(OC)[C@@](C)(OC)O[C@@H]2[C@H]1O. The third-order valence-corrected chi connectivity index (χ3v) is 5.50. The number of hydrogen-bond acceptors (Lipinski definition) is 8. The van der Waals surface area contributed by atoms with Crippen molar-refractivity contribution in [1.29, 1.82) is 0 Å². The van der Waals surface area contributed by atoms with Crippen LogP contribution in [-0.2, 0) is 23.7 Å². The average Bonchev–Trinajstić information content (AvgIpc) is 2.52. The van der Waals surface area contributed by atoms with Gasteiger partial charge in [0.05, 0.1) is 6.61 Å². The fourth-order valence-electron chi connectivity index (χ4n) is 2.82. The normalized spacial score (nSPS) is 49.0. The summed E-state index contributed by atoms with van der Waals surface area (Å²) in [6.07, 6.45) is -2.83. The van der Waals surface area contributed by atoms with Gasteiger partial charge in [-0.05, 0) is 19.6 Å². The topological polar surface area (TPSA) is 86.6 Å². The maximum atomic E-state index is 10.6. The molecule has 2 aliphatic heterocycles. The van der Waals surface area contributed by atoms with Crippen LogP contribution in [0.15, 0.2) is 0 Å². The molecular formula is C14H26O7S.